The van der Waals surface area contributed by atoms with Gasteiger partial charge in [-0.3, -0.25) is 14.8 Å². The van der Waals surface area contributed by atoms with E-state index in [1.54, 1.807) is 28.9 Å². The van der Waals surface area contributed by atoms with Crippen LogP contribution in [-0.4, -0.2) is 25.9 Å². The third kappa shape index (κ3) is 3.67. The second-order valence-electron chi connectivity index (χ2n) is 5.70. The van der Waals surface area contributed by atoms with Crippen molar-refractivity contribution in [3.63, 3.8) is 0 Å². The number of aromatic nitrogens is 4. The Balaban J connectivity index is 1.80. The molecule has 25 heavy (non-hydrogen) atoms. The first-order chi connectivity index (χ1) is 11.8. The van der Waals surface area contributed by atoms with Crippen LogP contribution in [-0.2, 0) is 0 Å². The van der Waals surface area contributed by atoms with Gasteiger partial charge in [-0.2, -0.15) is 5.10 Å². The van der Waals surface area contributed by atoms with Crippen molar-refractivity contribution in [2.75, 3.05) is 5.32 Å². The molecule has 1 amide bonds. The molecule has 9 heteroatoms. The molecule has 1 N–H and O–H groups in total. The van der Waals surface area contributed by atoms with Gasteiger partial charge in [-0.05, 0) is 45.0 Å². The van der Waals surface area contributed by atoms with Crippen LogP contribution in [0.4, 0.5) is 6.01 Å². The summed E-state index contributed by atoms with van der Waals surface area (Å²) in [6.07, 6.45) is 0. The molecule has 0 unspecified atom stereocenters. The number of anilines is 1. The highest BCUT2D eigenvalue weighted by Crippen LogP contribution is 2.30. The number of benzene rings is 1. The number of aryl methyl sites for hydroxylation is 1. The molecule has 130 valence electrons. The summed E-state index contributed by atoms with van der Waals surface area (Å²) in [5, 5.41) is 15.4. The van der Waals surface area contributed by atoms with E-state index in [2.05, 4.69) is 20.6 Å². The summed E-state index contributed by atoms with van der Waals surface area (Å²) in [7, 11) is 0. The monoisotopic (exact) mass is 379 g/mol. The first-order valence-corrected chi connectivity index (χ1v) is 8.27. The molecule has 0 saturated carbocycles. The lowest BCUT2D eigenvalue weighted by atomic mass is 10.2. The van der Waals surface area contributed by atoms with Crippen molar-refractivity contribution in [2.45, 2.75) is 26.8 Å². The Morgan fingerprint density at radius 3 is 2.68 bits per heavy atom. The highest BCUT2D eigenvalue weighted by atomic mass is 35.5. The van der Waals surface area contributed by atoms with E-state index < -0.39 is 5.91 Å². The van der Waals surface area contributed by atoms with Gasteiger partial charge in [0.15, 0.2) is 5.69 Å². The Hall–Kier alpha value is -2.38. The highest BCUT2D eigenvalue weighted by Gasteiger charge is 2.18. The first-order valence-electron chi connectivity index (χ1n) is 7.51. The van der Waals surface area contributed by atoms with Gasteiger partial charge in [-0.15, -0.1) is 5.10 Å². The molecule has 0 aliphatic rings. The molecule has 3 rings (SSSR count). The van der Waals surface area contributed by atoms with Crippen molar-refractivity contribution in [1.29, 1.82) is 0 Å². The fraction of sp³-hybridized carbons (Fsp3) is 0.250. The number of carbonyl (C=O) groups is 1. The maximum absolute atomic E-state index is 12.3. The van der Waals surface area contributed by atoms with Gasteiger partial charge in [0.2, 0.25) is 0 Å². The molecule has 0 aliphatic heterocycles. The lowest BCUT2D eigenvalue weighted by Crippen LogP contribution is -2.14. The second-order valence-corrected chi connectivity index (χ2v) is 6.54. The summed E-state index contributed by atoms with van der Waals surface area (Å²) < 4.78 is 7.21. The molecule has 2 aromatic heterocycles. The van der Waals surface area contributed by atoms with Crippen LogP contribution in [0.3, 0.4) is 0 Å². The maximum atomic E-state index is 12.3. The van der Waals surface area contributed by atoms with Crippen molar-refractivity contribution >= 4 is 35.1 Å². The summed E-state index contributed by atoms with van der Waals surface area (Å²) in [6, 6.07) is 6.69. The number of halogens is 2. The fourth-order valence-corrected chi connectivity index (χ4v) is 2.70. The van der Waals surface area contributed by atoms with Crippen LogP contribution in [0.15, 0.2) is 28.7 Å². The van der Waals surface area contributed by atoms with Crippen LogP contribution in [0.25, 0.3) is 11.5 Å². The minimum absolute atomic E-state index is 0.0483. The number of hydrogen-bond acceptors (Lipinski definition) is 5. The van der Waals surface area contributed by atoms with Crippen molar-refractivity contribution < 1.29 is 9.21 Å². The van der Waals surface area contributed by atoms with Gasteiger partial charge in [0.25, 0.3) is 11.8 Å². The molecular weight excluding hydrogens is 365 g/mol. The van der Waals surface area contributed by atoms with Crippen molar-refractivity contribution in [3.05, 3.63) is 45.7 Å². The van der Waals surface area contributed by atoms with E-state index in [1.165, 1.54) is 0 Å². The Morgan fingerprint density at radius 1 is 1.24 bits per heavy atom. The maximum Gasteiger partial charge on any atom is 0.322 e. The van der Waals surface area contributed by atoms with E-state index in [9.17, 15) is 4.79 Å². The number of nitrogens with zero attached hydrogens (tertiary/aromatic N) is 4. The molecular formula is C16H15Cl2N5O2. The molecule has 7 nitrogen and oxygen atoms in total. The Morgan fingerprint density at radius 2 is 2.00 bits per heavy atom. The van der Waals surface area contributed by atoms with E-state index in [0.717, 1.165) is 5.69 Å². The molecule has 2 heterocycles. The molecule has 0 aliphatic carbocycles. The SMILES string of the molecule is Cc1cc(C(=O)Nc2nnc(-c3cc(Cl)ccc3Cl)o2)nn1C(C)C. The summed E-state index contributed by atoms with van der Waals surface area (Å²) in [5.41, 5.74) is 1.64. The molecule has 0 fully saturated rings. The Labute approximate surface area is 153 Å². The number of rotatable bonds is 4. The van der Waals surface area contributed by atoms with Crippen LogP contribution in [0.2, 0.25) is 10.0 Å². The topological polar surface area (TPSA) is 85.8 Å². The standard InChI is InChI=1S/C16H15Cl2N5O2/c1-8(2)23-9(3)6-13(22-23)14(24)19-16-21-20-15(25-16)11-7-10(17)4-5-12(11)18/h4-8H,1-3H3,(H,19,21,24). The number of hydrogen-bond donors (Lipinski definition) is 1. The van der Waals surface area contributed by atoms with Gasteiger partial charge in [-0.25, -0.2) is 0 Å². The zero-order chi connectivity index (χ0) is 18.1. The van der Waals surface area contributed by atoms with E-state index in [1.807, 2.05) is 20.8 Å². The fourth-order valence-electron chi connectivity index (χ4n) is 2.33. The minimum atomic E-state index is -0.435. The van der Waals surface area contributed by atoms with E-state index in [-0.39, 0.29) is 23.6 Å². The van der Waals surface area contributed by atoms with Gasteiger partial charge in [0.1, 0.15) is 0 Å². The summed E-state index contributed by atoms with van der Waals surface area (Å²) in [5.74, 6) is -0.276. The molecule has 0 saturated heterocycles. The van der Waals surface area contributed by atoms with Crippen LogP contribution in [0.5, 0.6) is 0 Å². The predicted molar refractivity (Wildman–Crippen MR) is 95.1 cm³/mol. The minimum Gasteiger partial charge on any atom is -0.403 e. The van der Waals surface area contributed by atoms with Gasteiger partial charge in [-0.1, -0.05) is 28.3 Å². The lowest BCUT2D eigenvalue weighted by molar-refractivity contribution is 0.101. The second kappa shape index (κ2) is 6.85. The predicted octanol–water partition coefficient (Wildman–Crippen LogP) is 4.38. The van der Waals surface area contributed by atoms with Gasteiger partial charge in [0.05, 0.1) is 10.6 Å². The number of carbonyl (C=O) groups excluding carboxylic acids is 1. The molecule has 0 spiro atoms. The molecule has 3 aromatic rings. The quantitative estimate of drug-likeness (QED) is 0.726. The van der Waals surface area contributed by atoms with E-state index >= 15 is 0 Å². The van der Waals surface area contributed by atoms with Crippen molar-refractivity contribution in [3.8, 4) is 11.5 Å². The summed E-state index contributed by atoms with van der Waals surface area (Å²) in [6.45, 7) is 5.86. The normalized spacial score (nSPS) is 11.1. The Kier molecular flexibility index (Phi) is 4.78. The average molecular weight is 380 g/mol. The van der Waals surface area contributed by atoms with E-state index in [0.29, 0.717) is 15.6 Å². The lowest BCUT2D eigenvalue weighted by Gasteiger charge is -2.06. The molecule has 0 bridgehead atoms. The zero-order valence-corrected chi connectivity index (χ0v) is 15.3. The molecule has 0 radical (unpaired) electrons. The van der Waals surface area contributed by atoms with Crippen LogP contribution < -0.4 is 5.32 Å². The molecule has 0 atom stereocenters. The number of amides is 1. The summed E-state index contributed by atoms with van der Waals surface area (Å²) in [4.78, 5) is 12.3. The smallest absolute Gasteiger partial charge is 0.322 e. The third-order valence-electron chi connectivity index (χ3n) is 3.45. The zero-order valence-electron chi connectivity index (χ0n) is 13.7. The van der Waals surface area contributed by atoms with Gasteiger partial charge >= 0.3 is 6.01 Å². The van der Waals surface area contributed by atoms with E-state index in [4.69, 9.17) is 27.6 Å². The van der Waals surface area contributed by atoms with Crippen LogP contribution >= 0.6 is 23.2 Å². The Bertz CT molecular complexity index is 933. The van der Waals surface area contributed by atoms with Crippen LogP contribution in [0, 0.1) is 6.92 Å². The summed E-state index contributed by atoms with van der Waals surface area (Å²) >= 11 is 12.1. The number of nitrogens with one attached hydrogen (secondary N) is 1. The van der Waals surface area contributed by atoms with Crippen molar-refractivity contribution in [1.82, 2.24) is 20.0 Å². The molecule has 1 aromatic carbocycles. The highest BCUT2D eigenvalue weighted by molar-refractivity contribution is 6.35. The van der Waals surface area contributed by atoms with Gasteiger partial charge in [0, 0.05) is 16.8 Å². The first kappa shape index (κ1) is 17.4. The largest absolute Gasteiger partial charge is 0.403 e. The third-order valence-corrected chi connectivity index (χ3v) is 4.01. The van der Waals surface area contributed by atoms with Crippen LogP contribution in [0.1, 0.15) is 36.1 Å². The van der Waals surface area contributed by atoms with Crippen molar-refractivity contribution in [2.24, 2.45) is 0 Å². The average Bonchev–Trinajstić information content (AvgIpc) is 3.16. The van der Waals surface area contributed by atoms with Gasteiger partial charge < -0.3 is 4.42 Å².